The number of hydrogen-bond acceptors (Lipinski definition) is 2. The van der Waals surface area contributed by atoms with Crippen molar-refractivity contribution < 1.29 is 4.79 Å². The minimum absolute atomic E-state index is 0.0694. The molecule has 2 heteroatoms. The molecule has 0 saturated heterocycles. The van der Waals surface area contributed by atoms with Gasteiger partial charge in [0.05, 0.1) is 5.92 Å². The zero-order chi connectivity index (χ0) is 6.57. The Labute approximate surface area is 49.6 Å². The van der Waals surface area contributed by atoms with E-state index in [9.17, 15) is 4.79 Å². The Morgan fingerprint density at radius 3 is 2.50 bits per heavy atom. The maximum atomic E-state index is 10.0. The van der Waals surface area contributed by atoms with E-state index in [1.165, 1.54) is 0 Å². The first kappa shape index (κ1) is 7.21. The van der Waals surface area contributed by atoms with Gasteiger partial charge in [-0.25, -0.2) is 0 Å². The van der Waals surface area contributed by atoms with E-state index in [1.807, 2.05) is 0 Å². The van der Waals surface area contributed by atoms with Crippen molar-refractivity contribution in [2.24, 2.45) is 5.92 Å². The molecule has 0 aromatic heterocycles. The third kappa shape index (κ3) is 1.78. The van der Waals surface area contributed by atoms with Crippen LogP contribution in [0.1, 0.15) is 6.92 Å². The monoisotopic (exact) mass is 113 g/mol. The summed E-state index contributed by atoms with van der Waals surface area (Å²) in [5.41, 5.74) is 0.764. The van der Waals surface area contributed by atoms with Gasteiger partial charge in [-0.05, 0) is 0 Å². The van der Waals surface area contributed by atoms with Gasteiger partial charge < -0.3 is 10.1 Å². The normalized spacial score (nSPS) is 12.2. The zero-order valence-corrected chi connectivity index (χ0v) is 5.27. The van der Waals surface area contributed by atoms with Crippen molar-refractivity contribution in [2.45, 2.75) is 6.92 Å². The average molecular weight is 113 g/mol. The molecule has 0 spiro atoms. The summed E-state index contributed by atoms with van der Waals surface area (Å²) in [5, 5.41) is 2.79. The fraction of sp³-hybridized carbons (Fsp3) is 0.500. The molecule has 0 aliphatic rings. The summed E-state index contributed by atoms with van der Waals surface area (Å²) in [6, 6.07) is 0. The van der Waals surface area contributed by atoms with Gasteiger partial charge in [0, 0.05) is 12.7 Å². The Balaban J connectivity index is 3.62. The van der Waals surface area contributed by atoms with E-state index in [-0.39, 0.29) is 5.92 Å². The third-order valence-electron chi connectivity index (χ3n) is 1.07. The Morgan fingerprint density at radius 1 is 1.88 bits per heavy atom. The molecule has 0 aromatic carbocycles. The van der Waals surface area contributed by atoms with E-state index in [4.69, 9.17) is 0 Å². The lowest BCUT2D eigenvalue weighted by Gasteiger charge is -2.04. The van der Waals surface area contributed by atoms with Crippen molar-refractivity contribution in [1.29, 1.82) is 0 Å². The summed E-state index contributed by atoms with van der Waals surface area (Å²) in [7, 11) is 1.75. The third-order valence-corrected chi connectivity index (χ3v) is 1.07. The highest BCUT2D eigenvalue weighted by atomic mass is 16.1. The van der Waals surface area contributed by atoms with Crippen LogP contribution in [0.3, 0.4) is 0 Å². The van der Waals surface area contributed by atoms with Crippen LogP contribution in [0.15, 0.2) is 12.3 Å². The first-order chi connectivity index (χ1) is 3.72. The predicted molar refractivity (Wildman–Crippen MR) is 33.4 cm³/mol. The van der Waals surface area contributed by atoms with Gasteiger partial charge in [-0.15, -0.1) is 0 Å². The molecule has 0 aliphatic heterocycles. The summed E-state index contributed by atoms with van der Waals surface area (Å²) in [6.45, 7) is 5.40. The van der Waals surface area contributed by atoms with Crippen LogP contribution < -0.4 is 5.32 Å². The summed E-state index contributed by atoms with van der Waals surface area (Å²) in [4.78, 5) is 10.0. The quantitative estimate of drug-likeness (QED) is 0.542. The largest absolute Gasteiger partial charge is 0.391 e. The van der Waals surface area contributed by atoms with Crippen molar-refractivity contribution in [1.82, 2.24) is 5.32 Å². The first-order valence-corrected chi connectivity index (χ1v) is 2.54. The molecule has 0 saturated carbocycles. The van der Waals surface area contributed by atoms with E-state index < -0.39 is 0 Å². The molecular weight excluding hydrogens is 102 g/mol. The second-order valence-electron chi connectivity index (χ2n) is 1.70. The standard InChI is InChI=1S/C6H11NO/c1-5(4-8)6(2)7-3/h4-5,7H,2H2,1,3H3. The lowest BCUT2D eigenvalue weighted by Crippen LogP contribution is -2.12. The maximum absolute atomic E-state index is 10.0. The van der Waals surface area contributed by atoms with E-state index in [2.05, 4.69) is 11.9 Å². The predicted octanol–water partition coefficient (Wildman–Crippen LogP) is 0.554. The fourth-order valence-corrected chi connectivity index (χ4v) is 0.310. The highest BCUT2D eigenvalue weighted by molar-refractivity contribution is 5.57. The summed E-state index contributed by atoms with van der Waals surface area (Å²) < 4.78 is 0. The minimum Gasteiger partial charge on any atom is -0.391 e. The molecule has 0 amide bonds. The van der Waals surface area contributed by atoms with Crippen LogP contribution >= 0.6 is 0 Å². The second kappa shape index (κ2) is 3.24. The van der Waals surface area contributed by atoms with Crippen molar-refractivity contribution in [3.05, 3.63) is 12.3 Å². The number of carbonyl (C=O) groups excluding carboxylic acids is 1. The first-order valence-electron chi connectivity index (χ1n) is 2.54. The summed E-state index contributed by atoms with van der Waals surface area (Å²) >= 11 is 0. The highest BCUT2D eigenvalue weighted by Crippen LogP contribution is 1.97. The Morgan fingerprint density at radius 2 is 2.38 bits per heavy atom. The molecule has 1 atom stereocenters. The molecule has 0 rings (SSSR count). The molecule has 0 bridgehead atoms. The van der Waals surface area contributed by atoms with Gasteiger partial charge in [0.1, 0.15) is 6.29 Å². The van der Waals surface area contributed by atoms with Crippen LogP contribution in [-0.4, -0.2) is 13.3 Å². The minimum atomic E-state index is -0.0694. The van der Waals surface area contributed by atoms with E-state index >= 15 is 0 Å². The van der Waals surface area contributed by atoms with Gasteiger partial charge in [0.2, 0.25) is 0 Å². The highest BCUT2D eigenvalue weighted by Gasteiger charge is 1.99. The number of aldehydes is 1. The molecule has 0 fully saturated rings. The topological polar surface area (TPSA) is 29.1 Å². The van der Waals surface area contributed by atoms with Gasteiger partial charge in [0.15, 0.2) is 0 Å². The molecule has 8 heavy (non-hydrogen) atoms. The van der Waals surface area contributed by atoms with Gasteiger partial charge in [-0.3, -0.25) is 0 Å². The number of hydrogen-bond donors (Lipinski definition) is 1. The fourth-order valence-electron chi connectivity index (χ4n) is 0.310. The van der Waals surface area contributed by atoms with E-state index in [0.717, 1.165) is 12.0 Å². The van der Waals surface area contributed by atoms with Gasteiger partial charge >= 0.3 is 0 Å². The molecule has 2 nitrogen and oxygen atoms in total. The van der Waals surface area contributed by atoms with E-state index in [0.29, 0.717) is 0 Å². The number of rotatable bonds is 3. The van der Waals surface area contributed by atoms with Crippen LogP contribution in [0.5, 0.6) is 0 Å². The molecular formula is C6H11NO. The Kier molecular flexibility index (Phi) is 2.92. The van der Waals surface area contributed by atoms with Crippen molar-refractivity contribution in [3.63, 3.8) is 0 Å². The molecule has 0 aliphatic carbocycles. The number of allylic oxidation sites excluding steroid dienone is 1. The van der Waals surface area contributed by atoms with E-state index in [1.54, 1.807) is 14.0 Å². The molecule has 1 N–H and O–H groups in total. The SMILES string of the molecule is C=C(NC)C(C)C=O. The number of nitrogens with one attached hydrogen (secondary N) is 1. The number of carbonyl (C=O) groups is 1. The molecule has 0 aromatic rings. The maximum Gasteiger partial charge on any atom is 0.128 e. The van der Waals surface area contributed by atoms with Gasteiger partial charge in [-0.2, -0.15) is 0 Å². The van der Waals surface area contributed by atoms with Crippen molar-refractivity contribution in [3.8, 4) is 0 Å². The summed E-state index contributed by atoms with van der Waals surface area (Å²) in [5.74, 6) is -0.0694. The van der Waals surface area contributed by atoms with Crippen LogP contribution in [0.25, 0.3) is 0 Å². The summed E-state index contributed by atoms with van der Waals surface area (Å²) in [6.07, 6.45) is 0.860. The van der Waals surface area contributed by atoms with Gasteiger partial charge in [-0.1, -0.05) is 13.5 Å². The molecule has 0 radical (unpaired) electrons. The zero-order valence-electron chi connectivity index (χ0n) is 5.27. The van der Waals surface area contributed by atoms with Crippen LogP contribution in [0.2, 0.25) is 0 Å². The van der Waals surface area contributed by atoms with Crippen LogP contribution in [0, 0.1) is 5.92 Å². The van der Waals surface area contributed by atoms with Crippen LogP contribution in [0.4, 0.5) is 0 Å². The van der Waals surface area contributed by atoms with Crippen LogP contribution in [-0.2, 0) is 4.79 Å². The average Bonchev–Trinajstić information content (AvgIpc) is 1.84. The van der Waals surface area contributed by atoms with Gasteiger partial charge in [0.25, 0.3) is 0 Å². The lowest BCUT2D eigenvalue weighted by atomic mass is 10.1. The Hall–Kier alpha value is -0.790. The smallest absolute Gasteiger partial charge is 0.128 e. The lowest BCUT2D eigenvalue weighted by molar-refractivity contribution is -0.109. The second-order valence-corrected chi connectivity index (χ2v) is 1.70. The molecule has 46 valence electrons. The molecule has 1 unspecified atom stereocenters. The van der Waals surface area contributed by atoms with Crippen molar-refractivity contribution >= 4 is 6.29 Å². The van der Waals surface area contributed by atoms with Crippen molar-refractivity contribution in [2.75, 3.05) is 7.05 Å². The Bertz CT molecular complexity index is 98.7. The molecule has 0 heterocycles.